The van der Waals surface area contributed by atoms with Gasteiger partial charge < -0.3 is 5.32 Å². The van der Waals surface area contributed by atoms with Gasteiger partial charge in [0.15, 0.2) is 0 Å². The van der Waals surface area contributed by atoms with Crippen molar-refractivity contribution in [3.8, 4) is 22.5 Å². The maximum atomic E-state index is 12.8. The molecule has 2 aromatic heterocycles. The lowest BCUT2D eigenvalue weighted by Gasteiger charge is -2.15. The Balaban J connectivity index is 1.59. The van der Waals surface area contributed by atoms with Gasteiger partial charge in [-0.15, -0.1) is 10.2 Å². The van der Waals surface area contributed by atoms with Gasteiger partial charge in [0.1, 0.15) is 17.2 Å². The fraction of sp³-hybridized carbons (Fsp3) is 0.208. The maximum absolute atomic E-state index is 12.8. The zero-order chi connectivity index (χ0) is 22.5. The Hall–Kier alpha value is -3.52. The maximum Gasteiger partial charge on any atom is 0.238 e. The molecule has 32 heavy (non-hydrogen) atoms. The number of hydrogen-bond donors (Lipinski definition) is 1. The first-order valence-electron chi connectivity index (χ1n) is 10.4. The molecule has 0 fully saturated rings. The molecule has 2 heterocycles. The Kier molecular flexibility index (Phi) is 6.61. The summed E-state index contributed by atoms with van der Waals surface area (Å²) >= 11 is 1.27. The predicted octanol–water partition coefficient (Wildman–Crippen LogP) is 5.10. The molecule has 0 aliphatic heterocycles. The Morgan fingerprint density at radius 1 is 0.875 bits per heavy atom. The number of aromatic nitrogens is 5. The van der Waals surface area contributed by atoms with E-state index in [0.29, 0.717) is 16.7 Å². The number of rotatable bonds is 7. The third-order valence-corrected chi connectivity index (χ3v) is 5.78. The molecule has 1 N–H and O–H groups in total. The molecule has 8 heteroatoms. The van der Waals surface area contributed by atoms with E-state index < -0.39 is 5.25 Å². The lowest BCUT2D eigenvalue weighted by Crippen LogP contribution is -2.24. The van der Waals surface area contributed by atoms with Gasteiger partial charge in [-0.05, 0) is 20.8 Å². The molecule has 1 amide bonds. The van der Waals surface area contributed by atoms with Crippen molar-refractivity contribution in [1.82, 2.24) is 25.0 Å². The van der Waals surface area contributed by atoms with Gasteiger partial charge in [-0.3, -0.25) is 4.79 Å². The summed E-state index contributed by atoms with van der Waals surface area (Å²) in [6.45, 7) is 5.85. The van der Waals surface area contributed by atoms with Crippen LogP contribution in [0, 0.1) is 0 Å². The first-order chi connectivity index (χ1) is 15.5. The molecule has 0 aliphatic rings. The monoisotopic (exact) mass is 444 g/mol. The number of nitrogens with one attached hydrogen (secondary N) is 1. The lowest BCUT2D eigenvalue weighted by atomic mass is 10.0. The highest BCUT2D eigenvalue weighted by molar-refractivity contribution is 8.00. The molecule has 4 rings (SSSR count). The van der Waals surface area contributed by atoms with Gasteiger partial charge in [0, 0.05) is 23.2 Å². The van der Waals surface area contributed by atoms with Gasteiger partial charge in [-0.1, -0.05) is 72.4 Å². The quantitative estimate of drug-likeness (QED) is 0.399. The largest absolute Gasteiger partial charge is 0.310 e. The minimum atomic E-state index is -0.418. The Morgan fingerprint density at radius 2 is 1.50 bits per heavy atom. The molecule has 0 spiro atoms. The highest BCUT2D eigenvalue weighted by Crippen LogP contribution is 2.30. The van der Waals surface area contributed by atoms with Gasteiger partial charge in [-0.25, -0.2) is 9.67 Å². The summed E-state index contributed by atoms with van der Waals surface area (Å²) in [5.74, 6) is 0.523. The summed E-state index contributed by atoms with van der Waals surface area (Å²) in [5.41, 5.74) is 3.33. The second-order valence-corrected chi connectivity index (χ2v) is 8.84. The second-order valence-electron chi connectivity index (χ2n) is 7.53. The molecule has 162 valence electrons. The smallest absolute Gasteiger partial charge is 0.238 e. The average Bonchev–Trinajstić information content (AvgIpc) is 3.28. The van der Waals surface area contributed by atoms with E-state index in [-0.39, 0.29) is 11.9 Å². The second kappa shape index (κ2) is 9.74. The lowest BCUT2D eigenvalue weighted by molar-refractivity contribution is -0.115. The molecule has 0 bridgehead atoms. The normalized spacial score (nSPS) is 12.0. The van der Waals surface area contributed by atoms with E-state index in [4.69, 9.17) is 4.98 Å². The fourth-order valence-corrected chi connectivity index (χ4v) is 3.93. The molecule has 7 nitrogen and oxygen atoms in total. The van der Waals surface area contributed by atoms with E-state index in [9.17, 15) is 4.79 Å². The van der Waals surface area contributed by atoms with Crippen molar-refractivity contribution in [2.45, 2.75) is 37.2 Å². The summed E-state index contributed by atoms with van der Waals surface area (Å²) in [6, 6.07) is 21.7. The number of anilines is 1. The predicted molar refractivity (Wildman–Crippen MR) is 127 cm³/mol. The minimum absolute atomic E-state index is 0.144. The molecule has 1 atom stereocenters. The van der Waals surface area contributed by atoms with E-state index in [0.717, 1.165) is 16.8 Å². The minimum Gasteiger partial charge on any atom is -0.310 e. The number of carbonyl (C=O) groups is 1. The van der Waals surface area contributed by atoms with Crippen LogP contribution < -0.4 is 5.32 Å². The van der Waals surface area contributed by atoms with Gasteiger partial charge in [-0.2, -0.15) is 5.10 Å². The fourth-order valence-electron chi connectivity index (χ4n) is 3.21. The summed E-state index contributed by atoms with van der Waals surface area (Å²) in [7, 11) is 0. The standard InChI is InChI=1S/C24H24N6OS/c1-16(2)30-20(14-15-25-30)26-23(31)17(3)32-24-27-21(18-10-6-4-7-11-18)22(28-29-24)19-12-8-5-9-13-19/h4-17H,1-3H3,(H,26,31)/t17-/m1/s1. The molecular formula is C24H24N6OS. The number of hydrogen-bond acceptors (Lipinski definition) is 6. The van der Waals surface area contributed by atoms with E-state index in [1.54, 1.807) is 16.9 Å². The van der Waals surface area contributed by atoms with Crippen LogP contribution in [0.3, 0.4) is 0 Å². The van der Waals surface area contributed by atoms with E-state index >= 15 is 0 Å². The summed E-state index contributed by atoms with van der Waals surface area (Å²) in [6.07, 6.45) is 1.68. The Morgan fingerprint density at radius 3 is 2.12 bits per heavy atom. The molecule has 0 saturated heterocycles. The van der Waals surface area contributed by atoms with Crippen LogP contribution in [0.2, 0.25) is 0 Å². The first kappa shape index (κ1) is 21.7. The van der Waals surface area contributed by atoms with Gasteiger partial charge in [0.05, 0.1) is 11.4 Å². The number of carbonyl (C=O) groups excluding carboxylic acids is 1. The zero-order valence-corrected chi connectivity index (χ0v) is 19.0. The third kappa shape index (κ3) is 4.86. The number of thioether (sulfide) groups is 1. The van der Waals surface area contributed by atoms with Crippen LogP contribution in [0.25, 0.3) is 22.5 Å². The summed E-state index contributed by atoms with van der Waals surface area (Å²) in [4.78, 5) is 17.6. The van der Waals surface area contributed by atoms with E-state index in [1.807, 2.05) is 81.4 Å². The topological polar surface area (TPSA) is 85.6 Å². The van der Waals surface area contributed by atoms with Crippen LogP contribution in [-0.2, 0) is 4.79 Å². The van der Waals surface area contributed by atoms with Crippen molar-refractivity contribution in [2.24, 2.45) is 0 Å². The van der Waals surface area contributed by atoms with Crippen molar-refractivity contribution in [3.63, 3.8) is 0 Å². The molecule has 0 aliphatic carbocycles. The highest BCUT2D eigenvalue weighted by atomic mass is 32.2. The zero-order valence-electron chi connectivity index (χ0n) is 18.1. The first-order valence-corrected chi connectivity index (χ1v) is 11.3. The molecule has 0 radical (unpaired) electrons. The van der Waals surface area contributed by atoms with Crippen LogP contribution in [0.4, 0.5) is 5.82 Å². The third-order valence-electron chi connectivity index (χ3n) is 4.82. The van der Waals surface area contributed by atoms with Crippen LogP contribution in [0.5, 0.6) is 0 Å². The van der Waals surface area contributed by atoms with Crippen molar-refractivity contribution < 1.29 is 4.79 Å². The van der Waals surface area contributed by atoms with Crippen molar-refractivity contribution in [1.29, 1.82) is 0 Å². The van der Waals surface area contributed by atoms with Crippen LogP contribution in [-0.4, -0.2) is 36.1 Å². The van der Waals surface area contributed by atoms with E-state index in [1.165, 1.54) is 11.8 Å². The SMILES string of the molecule is CC(C)n1nccc1NC(=O)[C@@H](C)Sc1nnc(-c2ccccc2)c(-c2ccccc2)n1. The average molecular weight is 445 g/mol. The van der Waals surface area contributed by atoms with Crippen LogP contribution >= 0.6 is 11.8 Å². The molecular weight excluding hydrogens is 420 g/mol. The molecule has 0 saturated carbocycles. The van der Waals surface area contributed by atoms with Crippen molar-refractivity contribution >= 4 is 23.5 Å². The van der Waals surface area contributed by atoms with Gasteiger partial charge in [0.2, 0.25) is 11.1 Å². The van der Waals surface area contributed by atoms with Crippen molar-refractivity contribution in [3.05, 3.63) is 72.9 Å². The highest BCUT2D eigenvalue weighted by Gasteiger charge is 2.20. The number of benzene rings is 2. The van der Waals surface area contributed by atoms with Crippen LogP contribution in [0.15, 0.2) is 78.1 Å². The van der Waals surface area contributed by atoms with Gasteiger partial charge in [0.25, 0.3) is 0 Å². The summed E-state index contributed by atoms with van der Waals surface area (Å²) in [5, 5.41) is 16.0. The Labute approximate surface area is 191 Å². The molecule has 4 aromatic rings. The number of nitrogens with zero attached hydrogens (tertiary/aromatic N) is 5. The number of amides is 1. The molecule has 2 aromatic carbocycles. The van der Waals surface area contributed by atoms with Crippen molar-refractivity contribution in [2.75, 3.05) is 5.32 Å². The Bertz CT molecular complexity index is 1190. The van der Waals surface area contributed by atoms with Gasteiger partial charge >= 0.3 is 0 Å². The van der Waals surface area contributed by atoms with Crippen LogP contribution in [0.1, 0.15) is 26.8 Å². The summed E-state index contributed by atoms with van der Waals surface area (Å²) < 4.78 is 1.77. The molecule has 0 unspecified atom stereocenters. The van der Waals surface area contributed by atoms with E-state index in [2.05, 4.69) is 20.6 Å².